The summed E-state index contributed by atoms with van der Waals surface area (Å²) in [6.07, 6.45) is 2.82. The zero-order valence-corrected chi connectivity index (χ0v) is 15.2. The van der Waals surface area contributed by atoms with Gasteiger partial charge in [-0.25, -0.2) is 4.79 Å². The average Bonchev–Trinajstić information content (AvgIpc) is 3.09. The highest BCUT2D eigenvalue weighted by Gasteiger charge is 2.13. The molecule has 27 heavy (non-hydrogen) atoms. The molecule has 1 aromatic heterocycles. The molecule has 0 atom stereocenters. The van der Waals surface area contributed by atoms with Gasteiger partial charge < -0.3 is 20.4 Å². The first-order valence-corrected chi connectivity index (χ1v) is 9.00. The summed E-state index contributed by atoms with van der Waals surface area (Å²) in [7, 11) is 0. The first-order chi connectivity index (χ1) is 13.2. The Kier molecular flexibility index (Phi) is 6.22. The third-order valence-electron chi connectivity index (χ3n) is 4.23. The predicted octanol–water partition coefficient (Wildman–Crippen LogP) is 3.12. The molecule has 0 saturated heterocycles. The summed E-state index contributed by atoms with van der Waals surface area (Å²) in [6.45, 7) is 2.88. The fraction of sp³-hybridized carbons (Fsp3) is 0.238. The molecule has 2 aromatic carbocycles. The van der Waals surface area contributed by atoms with Crippen molar-refractivity contribution >= 4 is 28.5 Å². The van der Waals surface area contributed by atoms with Gasteiger partial charge in [0.15, 0.2) is 0 Å². The van der Waals surface area contributed by atoms with Crippen LogP contribution in [0.15, 0.2) is 54.7 Å². The minimum Gasteiger partial charge on any atom is -0.462 e. The summed E-state index contributed by atoms with van der Waals surface area (Å²) in [6, 6.07) is 15.0. The number of para-hydroxylation sites is 2. The monoisotopic (exact) mass is 365 g/mol. The number of ether oxygens (including phenoxy) is 1. The van der Waals surface area contributed by atoms with Crippen LogP contribution in [0, 0.1) is 0 Å². The molecule has 0 aliphatic carbocycles. The lowest BCUT2D eigenvalue weighted by atomic mass is 10.1. The average molecular weight is 365 g/mol. The van der Waals surface area contributed by atoms with Crippen LogP contribution in [-0.4, -0.2) is 36.6 Å². The van der Waals surface area contributed by atoms with E-state index in [1.807, 2.05) is 24.4 Å². The number of nitrogens with one attached hydrogen (secondary N) is 3. The molecule has 1 heterocycles. The topological polar surface area (TPSA) is 83.2 Å². The highest BCUT2D eigenvalue weighted by molar-refractivity contribution is 6.01. The zero-order valence-electron chi connectivity index (χ0n) is 15.2. The van der Waals surface area contributed by atoms with Crippen LogP contribution in [0.1, 0.15) is 22.8 Å². The van der Waals surface area contributed by atoms with Gasteiger partial charge in [-0.05, 0) is 43.7 Å². The van der Waals surface area contributed by atoms with Crippen LogP contribution in [0.2, 0.25) is 0 Å². The molecule has 3 aromatic rings. The number of hydrogen-bond acceptors (Lipinski definition) is 4. The smallest absolute Gasteiger partial charge is 0.340 e. The van der Waals surface area contributed by atoms with Crippen molar-refractivity contribution in [2.75, 3.05) is 25.0 Å². The summed E-state index contributed by atoms with van der Waals surface area (Å²) in [5.41, 5.74) is 3.14. The highest BCUT2D eigenvalue weighted by Crippen LogP contribution is 2.18. The molecule has 6 nitrogen and oxygen atoms in total. The standard InChI is InChI=1S/C21H23N3O3/c1-2-27-21(26)17-8-4-6-10-19(17)24-20(25)14-22-12-11-15-13-23-18-9-5-3-7-16(15)18/h3-10,13,22-23H,2,11-12,14H2,1H3,(H,24,25). The van der Waals surface area contributed by atoms with Gasteiger partial charge in [0.1, 0.15) is 0 Å². The molecule has 0 aliphatic rings. The van der Waals surface area contributed by atoms with Crippen LogP contribution in [0.4, 0.5) is 5.69 Å². The maximum Gasteiger partial charge on any atom is 0.340 e. The van der Waals surface area contributed by atoms with Crippen molar-refractivity contribution in [3.05, 3.63) is 65.9 Å². The molecular formula is C21H23N3O3. The summed E-state index contributed by atoms with van der Waals surface area (Å²) < 4.78 is 5.02. The second kappa shape index (κ2) is 9.00. The predicted molar refractivity (Wildman–Crippen MR) is 106 cm³/mol. The molecule has 0 aliphatic heterocycles. The number of H-pyrrole nitrogens is 1. The van der Waals surface area contributed by atoms with Gasteiger partial charge in [0.25, 0.3) is 0 Å². The molecule has 0 fully saturated rings. The Morgan fingerprint density at radius 1 is 1.07 bits per heavy atom. The SMILES string of the molecule is CCOC(=O)c1ccccc1NC(=O)CNCCc1c[nH]c2ccccc12. The third kappa shape index (κ3) is 4.74. The van der Waals surface area contributed by atoms with E-state index in [0.29, 0.717) is 17.8 Å². The Hall–Kier alpha value is -3.12. The van der Waals surface area contributed by atoms with E-state index in [4.69, 9.17) is 4.74 Å². The van der Waals surface area contributed by atoms with Gasteiger partial charge in [-0.3, -0.25) is 4.79 Å². The molecule has 6 heteroatoms. The molecular weight excluding hydrogens is 342 g/mol. The fourth-order valence-corrected chi connectivity index (χ4v) is 2.94. The van der Waals surface area contributed by atoms with Gasteiger partial charge in [0, 0.05) is 17.1 Å². The van der Waals surface area contributed by atoms with Gasteiger partial charge >= 0.3 is 5.97 Å². The van der Waals surface area contributed by atoms with E-state index >= 15 is 0 Å². The maximum atomic E-state index is 12.2. The molecule has 0 bridgehead atoms. The Morgan fingerprint density at radius 3 is 2.70 bits per heavy atom. The number of amides is 1. The number of benzene rings is 2. The van der Waals surface area contributed by atoms with Crippen molar-refractivity contribution in [3.63, 3.8) is 0 Å². The van der Waals surface area contributed by atoms with Crippen LogP contribution in [0.5, 0.6) is 0 Å². The lowest BCUT2D eigenvalue weighted by Crippen LogP contribution is -2.30. The van der Waals surface area contributed by atoms with Gasteiger partial charge in [0.05, 0.1) is 24.4 Å². The van der Waals surface area contributed by atoms with E-state index in [1.165, 1.54) is 10.9 Å². The second-order valence-corrected chi connectivity index (χ2v) is 6.10. The lowest BCUT2D eigenvalue weighted by molar-refractivity contribution is -0.115. The molecule has 1 amide bonds. The largest absolute Gasteiger partial charge is 0.462 e. The number of carbonyl (C=O) groups is 2. The van der Waals surface area contributed by atoms with Gasteiger partial charge in [-0.1, -0.05) is 30.3 Å². The van der Waals surface area contributed by atoms with E-state index < -0.39 is 5.97 Å². The molecule has 0 radical (unpaired) electrons. The lowest BCUT2D eigenvalue weighted by Gasteiger charge is -2.10. The normalized spacial score (nSPS) is 10.7. The third-order valence-corrected chi connectivity index (χ3v) is 4.23. The van der Waals surface area contributed by atoms with Crippen LogP contribution < -0.4 is 10.6 Å². The molecule has 3 N–H and O–H groups in total. The van der Waals surface area contributed by atoms with Gasteiger partial charge in [-0.2, -0.15) is 0 Å². The fourth-order valence-electron chi connectivity index (χ4n) is 2.94. The van der Waals surface area contributed by atoms with Crippen LogP contribution >= 0.6 is 0 Å². The first kappa shape index (κ1) is 18.7. The van der Waals surface area contributed by atoms with E-state index in [-0.39, 0.29) is 19.1 Å². The van der Waals surface area contributed by atoms with E-state index in [9.17, 15) is 9.59 Å². The second-order valence-electron chi connectivity index (χ2n) is 6.10. The van der Waals surface area contributed by atoms with E-state index in [1.54, 1.807) is 31.2 Å². The summed E-state index contributed by atoms with van der Waals surface area (Å²) >= 11 is 0. The molecule has 0 saturated carbocycles. The van der Waals surface area contributed by atoms with Gasteiger partial charge in [-0.15, -0.1) is 0 Å². The molecule has 140 valence electrons. The quantitative estimate of drug-likeness (QED) is 0.423. The summed E-state index contributed by atoms with van der Waals surface area (Å²) in [4.78, 5) is 27.4. The van der Waals surface area contributed by atoms with Crippen LogP contribution in [0.3, 0.4) is 0 Å². The highest BCUT2D eigenvalue weighted by atomic mass is 16.5. The van der Waals surface area contributed by atoms with Crippen LogP contribution in [0.25, 0.3) is 10.9 Å². The molecule has 0 spiro atoms. The van der Waals surface area contributed by atoms with E-state index in [0.717, 1.165) is 11.9 Å². The van der Waals surface area contributed by atoms with Crippen molar-refractivity contribution < 1.29 is 14.3 Å². The van der Waals surface area contributed by atoms with E-state index in [2.05, 4.69) is 21.7 Å². The Bertz CT molecular complexity index is 933. The first-order valence-electron chi connectivity index (χ1n) is 9.00. The summed E-state index contributed by atoms with van der Waals surface area (Å²) in [5, 5.41) is 7.11. The number of aromatic amines is 1. The zero-order chi connectivity index (χ0) is 19.1. The van der Waals surface area contributed by atoms with Crippen molar-refractivity contribution in [2.45, 2.75) is 13.3 Å². The number of carbonyl (C=O) groups excluding carboxylic acids is 2. The number of esters is 1. The number of anilines is 1. The van der Waals surface area contributed by atoms with Crippen molar-refractivity contribution in [1.29, 1.82) is 0 Å². The number of fused-ring (bicyclic) bond motifs is 1. The van der Waals surface area contributed by atoms with Gasteiger partial charge in [0.2, 0.25) is 5.91 Å². The number of aromatic nitrogens is 1. The van der Waals surface area contributed by atoms with Crippen molar-refractivity contribution in [1.82, 2.24) is 10.3 Å². The number of rotatable bonds is 8. The minimum absolute atomic E-state index is 0.166. The Morgan fingerprint density at radius 2 is 1.85 bits per heavy atom. The number of hydrogen-bond donors (Lipinski definition) is 3. The molecule has 3 rings (SSSR count). The summed E-state index contributed by atoms with van der Waals surface area (Å²) in [5.74, 6) is -0.647. The molecule has 0 unspecified atom stereocenters. The Labute approximate surface area is 157 Å². The maximum absolute atomic E-state index is 12.2. The van der Waals surface area contributed by atoms with Crippen molar-refractivity contribution in [3.8, 4) is 0 Å². The Balaban J connectivity index is 1.50. The van der Waals surface area contributed by atoms with Crippen LogP contribution in [-0.2, 0) is 16.0 Å². The van der Waals surface area contributed by atoms with Crippen molar-refractivity contribution in [2.24, 2.45) is 0 Å². The minimum atomic E-state index is -0.444.